The molecular formula is C17H24N4O2. The number of anilines is 1. The van der Waals surface area contributed by atoms with E-state index in [1.807, 2.05) is 50.4 Å². The summed E-state index contributed by atoms with van der Waals surface area (Å²) >= 11 is 0. The highest BCUT2D eigenvalue weighted by Crippen LogP contribution is 2.16. The fourth-order valence-corrected chi connectivity index (χ4v) is 2.35. The van der Waals surface area contributed by atoms with Crippen molar-refractivity contribution in [2.45, 2.75) is 32.9 Å². The summed E-state index contributed by atoms with van der Waals surface area (Å²) in [6.07, 6.45) is 3.73. The second kappa shape index (κ2) is 8.33. The smallest absolute Gasteiger partial charge is 0.319 e. The van der Waals surface area contributed by atoms with E-state index in [1.54, 1.807) is 10.9 Å². The van der Waals surface area contributed by atoms with Gasteiger partial charge < -0.3 is 15.7 Å². The van der Waals surface area contributed by atoms with E-state index < -0.39 is 6.10 Å². The Morgan fingerprint density at radius 1 is 1.30 bits per heavy atom. The summed E-state index contributed by atoms with van der Waals surface area (Å²) in [6.45, 7) is 4.90. The van der Waals surface area contributed by atoms with Gasteiger partial charge in [-0.15, -0.1) is 0 Å². The maximum atomic E-state index is 12.0. The van der Waals surface area contributed by atoms with Crippen LogP contribution in [0.25, 0.3) is 0 Å². The van der Waals surface area contributed by atoms with E-state index >= 15 is 0 Å². The predicted molar refractivity (Wildman–Crippen MR) is 90.3 cm³/mol. The van der Waals surface area contributed by atoms with Crippen LogP contribution in [0.1, 0.15) is 25.8 Å². The number of carbonyl (C=O) groups is 1. The van der Waals surface area contributed by atoms with Gasteiger partial charge >= 0.3 is 6.03 Å². The van der Waals surface area contributed by atoms with Crippen molar-refractivity contribution in [2.24, 2.45) is 5.92 Å². The van der Waals surface area contributed by atoms with Crippen LogP contribution in [0, 0.1) is 5.92 Å². The Kier molecular flexibility index (Phi) is 6.17. The molecule has 0 bridgehead atoms. The Balaban J connectivity index is 1.90. The maximum Gasteiger partial charge on any atom is 0.319 e. The second-order valence-corrected chi connectivity index (χ2v) is 5.98. The van der Waals surface area contributed by atoms with Crippen LogP contribution in [0.3, 0.4) is 0 Å². The molecular weight excluding hydrogens is 292 g/mol. The molecule has 2 amide bonds. The Morgan fingerprint density at radius 2 is 2.09 bits per heavy atom. The van der Waals surface area contributed by atoms with Crippen LogP contribution in [0.2, 0.25) is 0 Å². The number of carbonyl (C=O) groups excluding carboxylic acids is 1. The van der Waals surface area contributed by atoms with Gasteiger partial charge in [-0.2, -0.15) is 5.10 Å². The highest BCUT2D eigenvalue weighted by Gasteiger charge is 2.10. The SMILES string of the molecule is CC(C)C[C@H](O)CNC(=O)Nc1ccccc1Cn1cccn1. The highest BCUT2D eigenvalue weighted by molar-refractivity contribution is 5.90. The van der Waals surface area contributed by atoms with Gasteiger partial charge in [0.15, 0.2) is 0 Å². The molecule has 1 aromatic heterocycles. The first-order valence-corrected chi connectivity index (χ1v) is 7.83. The topological polar surface area (TPSA) is 79.2 Å². The van der Waals surface area contributed by atoms with Gasteiger partial charge in [0.05, 0.1) is 12.6 Å². The molecule has 0 unspecified atom stereocenters. The van der Waals surface area contributed by atoms with E-state index in [4.69, 9.17) is 0 Å². The van der Waals surface area contributed by atoms with E-state index in [0.717, 1.165) is 11.3 Å². The van der Waals surface area contributed by atoms with Crippen molar-refractivity contribution in [2.75, 3.05) is 11.9 Å². The number of benzene rings is 1. The van der Waals surface area contributed by atoms with Gasteiger partial charge in [-0.1, -0.05) is 32.0 Å². The molecule has 0 radical (unpaired) electrons. The Hall–Kier alpha value is -2.34. The summed E-state index contributed by atoms with van der Waals surface area (Å²) in [7, 11) is 0. The largest absolute Gasteiger partial charge is 0.391 e. The lowest BCUT2D eigenvalue weighted by Gasteiger charge is -2.15. The van der Waals surface area contributed by atoms with Crippen molar-refractivity contribution < 1.29 is 9.90 Å². The minimum Gasteiger partial charge on any atom is -0.391 e. The monoisotopic (exact) mass is 316 g/mol. The molecule has 2 rings (SSSR count). The minimum absolute atomic E-state index is 0.241. The minimum atomic E-state index is -0.528. The number of urea groups is 1. The van der Waals surface area contributed by atoms with E-state index in [9.17, 15) is 9.90 Å². The Bertz CT molecular complexity index is 611. The molecule has 0 aliphatic heterocycles. The molecule has 2 aromatic rings. The second-order valence-electron chi connectivity index (χ2n) is 5.98. The van der Waals surface area contributed by atoms with Gasteiger partial charge in [0.1, 0.15) is 0 Å². The van der Waals surface area contributed by atoms with Crippen molar-refractivity contribution in [3.8, 4) is 0 Å². The number of nitrogens with zero attached hydrogens (tertiary/aromatic N) is 2. The zero-order chi connectivity index (χ0) is 16.7. The summed E-state index contributed by atoms with van der Waals surface area (Å²) in [5.74, 6) is 0.393. The molecule has 3 N–H and O–H groups in total. The number of aromatic nitrogens is 2. The standard InChI is InChI=1S/C17H24N4O2/c1-13(2)10-15(22)11-18-17(23)20-16-7-4-3-6-14(16)12-21-9-5-8-19-21/h3-9,13,15,22H,10-12H2,1-2H3,(H2,18,20,23)/t15-/m0/s1. The van der Waals surface area contributed by atoms with Gasteiger partial charge in [-0.25, -0.2) is 4.79 Å². The molecule has 1 aromatic carbocycles. The molecule has 1 atom stereocenters. The summed E-state index contributed by atoms with van der Waals surface area (Å²) in [5, 5.41) is 19.5. The molecule has 0 saturated carbocycles. The van der Waals surface area contributed by atoms with Crippen molar-refractivity contribution >= 4 is 11.7 Å². The van der Waals surface area contributed by atoms with Crippen LogP contribution in [0.4, 0.5) is 10.5 Å². The molecule has 124 valence electrons. The van der Waals surface area contributed by atoms with Crippen molar-refractivity contribution in [3.05, 3.63) is 48.3 Å². The molecule has 23 heavy (non-hydrogen) atoms. The highest BCUT2D eigenvalue weighted by atomic mass is 16.3. The number of amides is 2. The van der Waals surface area contributed by atoms with E-state index in [1.165, 1.54) is 0 Å². The number of aliphatic hydroxyl groups is 1. The fourth-order valence-electron chi connectivity index (χ4n) is 2.35. The van der Waals surface area contributed by atoms with Gasteiger partial charge in [-0.3, -0.25) is 4.68 Å². The van der Waals surface area contributed by atoms with Crippen molar-refractivity contribution in [3.63, 3.8) is 0 Å². The molecule has 0 spiro atoms. The number of hydrogen-bond acceptors (Lipinski definition) is 3. The lowest BCUT2D eigenvalue weighted by molar-refractivity contribution is 0.148. The third-order valence-electron chi connectivity index (χ3n) is 3.40. The van der Waals surface area contributed by atoms with E-state index in [2.05, 4.69) is 15.7 Å². The molecule has 6 heteroatoms. The predicted octanol–water partition coefficient (Wildman–Crippen LogP) is 2.46. The molecule has 0 saturated heterocycles. The first kappa shape index (κ1) is 17.0. The van der Waals surface area contributed by atoms with Gasteiger partial charge in [0.25, 0.3) is 0 Å². The van der Waals surface area contributed by atoms with Crippen LogP contribution >= 0.6 is 0 Å². The van der Waals surface area contributed by atoms with E-state index in [-0.39, 0.29) is 12.6 Å². The zero-order valence-electron chi connectivity index (χ0n) is 13.6. The number of rotatable bonds is 7. The third kappa shape index (κ3) is 5.75. The van der Waals surface area contributed by atoms with Crippen molar-refractivity contribution in [1.82, 2.24) is 15.1 Å². The van der Waals surface area contributed by atoms with Crippen LogP contribution in [0.5, 0.6) is 0 Å². The zero-order valence-corrected chi connectivity index (χ0v) is 13.6. The molecule has 0 aliphatic rings. The average Bonchev–Trinajstić information content (AvgIpc) is 2.99. The normalized spacial score (nSPS) is 12.2. The number of aliphatic hydroxyl groups excluding tert-OH is 1. The van der Waals surface area contributed by atoms with Gasteiger partial charge in [0, 0.05) is 24.6 Å². The molecule has 1 heterocycles. The third-order valence-corrected chi connectivity index (χ3v) is 3.40. The molecule has 0 fully saturated rings. The fraction of sp³-hybridized carbons (Fsp3) is 0.412. The average molecular weight is 316 g/mol. The summed E-state index contributed by atoms with van der Waals surface area (Å²) in [5.41, 5.74) is 1.70. The summed E-state index contributed by atoms with van der Waals surface area (Å²) in [4.78, 5) is 12.0. The molecule has 6 nitrogen and oxygen atoms in total. The van der Waals surface area contributed by atoms with E-state index in [0.29, 0.717) is 18.9 Å². The quantitative estimate of drug-likeness (QED) is 0.734. The van der Waals surface area contributed by atoms with Crippen LogP contribution < -0.4 is 10.6 Å². The lowest BCUT2D eigenvalue weighted by atomic mass is 10.1. The lowest BCUT2D eigenvalue weighted by Crippen LogP contribution is -2.36. The number of nitrogens with one attached hydrogen (secondary N) is 2. The van der Waals surface area contributed by atoms with Crippen LogP contribution in [0.15, 0.2) is 42.7 Å². The number of hydrogen-bond donors (Lipinski definition) is 3. The summed E-state index contributed by atoms with van der Waals surface area (Å²) in [6, 6.07) is 9.14. The van der Waals surface area contributed by atoms with Crippen LogP contribution in [-0.2, 0) is 6.54 Å². The van der Waals surface area contributed by atoms with Crippen LogP contribution in [-0.4, -0.2) is 33.6 Å². The molecule has 0 aliphatic carbocycles. The Labute approximate surface area is 136 Å². The first-order chi connectivity index (χ1) is 11.0. The Morgan fingerprint density at radius 3 is 2.78 bits per heavy atom. The van der Waals surface area contributed by atoms with Crippen molar-refractivity contribution in [1.29, 1.82) is 0 Å². The maximum absolute atomic E-state index is 12.0. The first-order valence-electron chi connectivity index (χ1n) is 7.83. The van der Waals surface area contributed by atoms with Gasteiger partial charge in [-0.05, 0) is 30.0 Å². The number of para-hydroxylation sites is 1. The van der Waals surface area contributed by atoms with Gasteiger partial charge in [0.2, 0.25) is 0 Å². The summed E-state index contributed by atoms with van der Waals surface area (Å²) < 4.78 is 1.80.